The molecule has 0 spiro atoms. The largest absolute Gasteiger partial charge is 0.326 e. The maximum absolute atomic E-state index is 11.8. The molecule has 1 aromatic carbocycles. The Morgan fingerprint density at radius 2 is 1.96 bits per heavy atom. The van der Waals surface area contributed by atoms with Crippen molar-refractivity contribution in [2.24, 2.45) is 5.14 Å². The van der Waals surface area contributed by atoms with Gasteiger partial charge < -0.3 is 5.32 Å². The minimum Gasteiger partial charge on any atom is -0.326 e. The van der Waals surface area contributed by atoms with Crippen LogP contribution in [0.4, 0.5) is 5.69 Å². The molecule has 2 rings (SSSR count). The molecule has 1 amide bonds. The Labute approximate surface area is 143 Å². The van der Waals surface area contributed by atoms with E-state index >= 15 is 0 Å². The molecule has 1 aromatic heterocycles. The normalized spacial score (nSPS) is 11.2. The highest BCUT2D eigenvalue weighted by Gasteiger charge is 2.09. The minimum absolute atomic E-state index is 0.00384. The molecule has 9 heteroatoms. The molecular weight excluding hydrogens is 358 g/mol. The van der Waals surface area contributed by atoms with Crippen molar-refractivity contribution < 1.29 is 13.2 Å². The van der Waals surface area contributed by atoms with Gasteiger partial charge in [-0.05, 0) is 36.4 Å². The average Bonchev–Trinajstić information content (AvgIpc) is 2.49. The number of nitrogens with zero attached hydrogens (tertiary/aromatic N) is 1. The summed E-state index contributed by atoms with van der Waals surface area (Å²) < 4.78 is 22.3. The lowest BCUT2D eigenvalue weighted by molar-refractivity contribution is -0.115. The van der Waals surface area contributed by atoms with Gasteiger partial charge in [0.1, 0.15) is 5.03 Å². The van der Waals surface area contributed by atoms with Gasteiger partial charge >= 0.3 is 0 Å². The standard InChI is InChI=1S/C14H14ClN3O3S2/c15-12-2-1-8-17-14(12)22-9-7-13(19)18-10-3-5-11(6-4-10)23(16,20)21/h1-6,8H,7,9H2,(H,18,19)(H2,16,20,21). The molecule has 3 N–H and O–H groups in total. The highest BCUT2D eigenvalue weighted by Crippen LogP contribution is 2.24. The van der Waals surface area contributed by atoms with E-state index in [0.29, 0.717) is 21.5 Å². The molecule has 0 aliphatic heterocycles. The predicted octanol–water partition coefficient (Wildman–Crippen LogP) is 2.50. The van der Waals surface area contributed by atoms with Crippen LogP contribution in [-0.4, -0.2) is 25.1 Å². The summed E-state index contributed by atoms with van der Waals surface area (Å²) in [5, 5.41) is 8.92. The van der Waals surface area contributed by atoms with Gasteiger partial charge in [0, 0.05) is 24.1 Å². The van der Waals surface area contributed by atoms with E-state index in [-0.39, 0.29) is 17.2 Å². The fraction of sp³-hybridized carbons (Fsp3) is 0.143. The zero-order chi connectivity index (χ0) is 16.9. The molecule has 122 valence electrons. The average molecular weight is 372 g/mol. The summed E-state index contributed by atoms with van der Waals surface area (Å²) in [7, 11) is -3.73. The second-order valence-electron chi connectivity index (χ2n) is 4.51. The summed E-state index contributed by atoms with van der Waals surface area (Å²) in [6, 6.07) is 9.13. The van der Waals surface area contributed by atoms with Gasteiger partial charge in [0.05, 0.1) is 9.92 Å². The van der Waals surface area contributed by atoms with Gasteiger partial charge in [-0.25, -0.2) is 18.5 Å². The fourth-order valence-electron chi connectivity index (χ4n) is 1.67. The molecule has 0 aliphatic rings. The first-order valence-corrected chi connectivity index (χ1v) is 9.43. The number of aromatic nitrogens is 1. The number of benzene rings is 1. The Balaban J connectivity index is 1.84. The van der Waals surface area contributed by atoms with Crippen molar-refractivity contribution in [2.45, 2.75) is 16.3 Å². The Morgan fingerprint density at radius 3 is 2.57 bits per heavy atom. The lowest BCUT2D eigenvalue weighted by Gasteiger charge is -2.06. The summed E-state index contributed by atoms with van der Waals surface area (Å²) >= 11 is 7.37. The highest BCUT2D eigenvalue weighted by atomic mass is 35.5. The number of hydrogen-bond donors (Lipinski definition) is 2. The van der Waals surface area contributed by atoms with Crippen LogP contribution >= 0.6 is 23.4 Å². The van der Waals surface area contributed by atoms with Gasteiger partial charge in [0.2, 0.25) is 15.9 Å². The van der Waals surface area contributed by atoms with E-state index in [1.807, 2.05) is 0 Å². The smallest absolute Gasteiger partial charge is 0.238 e. The first kappa shape index (κ1) is 17.7. The molecule has 0 aliphatic carbocycles. The van der Waals surface area contributed by atoms with Crippen LogP contribution in [0.3, 0.4) is 0 Å². The summed E-state index contributed by atoms with van der Waals surface area (Å²) in [6.45, 7) is 0. The van der Waals surface area contributed by atoms with E-state index in [1.54, 1.807) is 18.3 Å². The number of rotatable bonds is 6. The molecule has 2 aromatic rings. The minimum atomic E-state index is -3.73. The number of pyridine rings is 1. The molecule has 0 saturated heterocycles. The van der Waals surface area contributed by atoms with Crippen LogP contribution in [0, 0.1) is 0 Å². The quantitative estimate of drug-likeness (QED) is 0.759. The van der Waals surface area contributed by atoms with E-state index in [2.05, 4.69) is 10.3 Å². The molecule has 6 nitrogen and oxygen atoms in total. The van der Waals surface area contributed by atoms with Crippen LogP contribution in [0.5, 0.6) is 0 Å². The topological polar surface area (TPSA) is 102 Å². The number of primary sulfonamides is 1. The first-order chi connectivity index (χ1) is 10.9. The maximum Gasteiger partial charge on any atom is 0.238 e. The van der Waals surface area contributed by atoms with Gasteiger partial charge in [0.25, 0.3) is 0 Å². The molecule has 0 saturated carbocycles. The Bertz CT molecular complexity index is 795. The Hall–Kier alpha value is -1.61. The van der Waals surface area contributed by atoms with Crippen LogP contribution in [0.25, 0.3) is 0 Å². The summed E-state index contributed by atoms with van der Waals surface area (Å²) in [5.41, 5.74) is 0.503. The van der Waals surface area contributed by atoms with Gasteiger partial charge in [-0.3, -0.25) is 4.79 Å². The van der Waals surface area contributed by atoms with Gasteiger partial charge in [-0.2, -0.15) is 0 Å². The summed E-state index contributed by atoms with van der Waals surface area (Å²) in [4.78, 5) is 16.0. The summed E-state index contributed by atoms with van der Waals surface area (Å²) in [5.74, 6) is 0.339. The second-order valence-corrected chi connectivity index (χ2v) is 7.56. The number of sulfonamides is 1. The molecule has 0 atom stereocenters. The number of anilines is 1. The summed E-state index contributed by atoms with van der Waals surface area (Å²) in [6.07, 6.45) is 1.91. The maximum atomic E-state index is 11.8. The predicted molar refractivity (Wildman–Crippen MR) is 91.0 cm³/mol. The van der Waals surface area contributed by atoms with Gasteiger partial charge in [0.15, 0.2) is 0 Å². The third-order valence-corrected chi connectivity index (χ3v) is 5.11. The zero-order valence-electron chi connectivity index (χ0n) is 11.9. The van der Waals surface area contributed by atoms with Gasteiger partial charge in [-0.15, -0.1) is 11.8 Å². The number of nitrogens with two attached hydrogens (primary N) is 1. The number of nitrogens with one attached hydrogen (secondary N) is 1. The van der Waals surface area contributed by atoms with Crippen molar-refractivity contribution in [1.82, 2.24) is 4.98 Å². The molecule has 0 bridgehead atoms. The number of carbonyl (C=O) groups is 1. The van der Waals surface area contributed by atoms with Crippen LogP contribution in [0.15, 0.2) is 52.5 Å². The van der Waals surface area contributed by atoms with Crippen molar-refractivity contribution in [3.05, 3.63) is 47.6 Å². The van der Waals surface area contributed by atoms with Crippen LogP contribution in [-0.2, 0) is 14.8 Å². The van der Waals surface area contributed by atoms with Crippen molar-refractivity contribution in [1.29, 1.82) is 0 Å². The van der Waals surface area contributed by atoms with E-state index in [4.69, 9.17) is 16.7 Å². The fourth-order valence-corrected chi connectivity index (χ4v) is 3.29. The number of carbonyl (C=O) groups excluding carboxylic acids is 1. The van der Waals surface area contributed by atoms with Crippen LogP contribution in [0.2, 0.25) is 5.02 Å². The number of hydrogen-bond acceptors (Lipinski definition) is 5. The third kappa shape index (κ3) is 5.51. The lowest BCUT2D eigenvalue weighted by Crippen LogP contribution is -2.14. The number of amides is 1. The highest BCUT2D eigenvalue weighted by molar-refractivity contribution is 7.99. The van der Waals surface area contributed by atoms with E-state index in [9.17, 15) is 13.2 Å². The molecule has 0 radical (unpaired) electrons. The van der Waals surface area contributed by atoms with E-state index < -0.39 is 10.0 Å². The molecule has 0 unspecified atom stereocenters. The molecule has 23 heavy (non-hydrogen) atoms. The molecule has 1 heterocycles. The second kappa shape index (κ2) is 7.78. The van der Waals surface area contributed by atoms with Crippen molar-refractivity contribution >= 4 is 45.0 Å². The van der Waals surface area contributed by atoms with E-state index in [0.717, 1.165) is 0 Å². The number of thioether (sulfide) groups is 1. The van der Waals surface area contributed by atoms with Crippen molar-refractivity contribution in [3.63, 3.8) is 0 Å². The zero-order valence-corrected chi connectivity index (χ0v) is 14.3. The number of halogens is 1. The monoisotopic (exact) mass is 371 g/mol. The SMILES string of the molecule is NS(=O)(=O)c1ccc(NC(=O)CCSc2ncccc2Cl)cc1. The lowest BCUT2D eigenvalue weighted by atomic mass is 10.3. The third-order valence-electron chi connectivity index (χ3n) is 2.76. The van der Waals surface area contributed by atoms with Crippen LogP contribution < -0.4 is 10.5 Å². The van der Waals surface area contributed by atoms with Crippen LogP contribution in [0.1, 0.15) is 6.42 Å². The Kier molecular flexibility index (Phi) is 6.00. The first-order valence-electron chi connectivity index (χ1n) is 6.52. The van der Waals surface area contributed by atoms with E-state index in [1.165, 1.54) is 36.0 Å². The van der Waals surface area contributed by atoms with Crippen molar-refractivity contribution in [3.8, 4) is 0 Å². The van der Waals surface area contributed by atoms with Gasteiger partial charge in [-0.1, -0.05) is 11.6 Å². The van der Waals surface area contributed by atoms with Crippen molar-refractivity contribution in [2.75, 3.05) is 11.1 Å². The Morgan fingerprint density at radius 1 is 1.26 bits per heavy atom. The molecule has 0 fully saturated rings. The molecular formula is C14H14ClN3O3S2.